The van der Waals surface area contributed by atoms with Gasteiger partial charge in [-0.25, -0.2) is 4.39 Å². The van der Waals surface area contributed by atoms with Crippen molar-refractivity contribution < 1.29 is 13.9 Å². The molecule has 2 rings (SSSR count). The summed E-state index contributed by atoms with van der Waals surface area (Å²) in [7, 11) is 1.63. The highest BCUT2D eigenvalue weighted by Crippen LogP contribution is 2.28. The summed E-state index contributed by atoms with van der Waals surface area (Å²) in [4.78, 5) is 0. The smallest absolute Gasteiger partial charge is 0.134 e. The van der Waals surface area contributed by atoms with Crippen molar-refractivity contribution in [1.82, 2.24) is 5.32 Å². The van der Waals surface area contributed by atoms with Gasteiger partial charge in [0.15, 0.2) is 0 Å². The minimum atomic E-state index is -0.283. The van der Waals surface area contributed by atoms with E-state index in [0.29, 0.717) is 36.8 Å². The average molecular weight is 354 g/mol. The fourth-order valence-electron chi connectivity index (χ4n) is 1.82. The first-order chi connectivity index (χ1) is 10.2. The highest BCUT2D eigenvalue weighted by atomic mass is 79.9. The molecule has 2 aromatic rings. The number of nitrogens with one attached hydrogen (secondary N) is 1. The van der Waals surface area contributed by atoms with Crippen molar-refractivity contribution >= 4 is 15.9 Å². The first-order valence-electron chi connectivity index (χ1n) is 6.61. The summed E-state index contributed by atoms with van der Waals surface area (Å²) in [5.74, 6) is 0.902. The lowest BCUT2D eigenvalue weighted by molar-refractivity contribution is 0.199. The molecule has 0 aliphatic rings. The molecule has 0 saturated heterocycles. The molecule has 2 aromatic carbocycles. The minimum Gasteiger partial charge on any atom is -0.457 e. The highest BCUT2D eigenvalue weighted by Gasteiger charge is 2.10. The predicted octanol–water partition coefficient (Wildman–Crippen LogP) is 4.12. The normalized spacial score (nSPS) is 10.6. The Morgan fingerprint density at radius 3 is 2.62 bits per heavy atom. The summed E-state index contributed by atoms with van der Waals surface area (Å²) in [5, 5.41) is 3.13. The lowest BCUT2D eigenvalue weighted by Crippen LogP contribution is -2.19. The van der Waals surface area contributed by atoms with Crippen LogP contribution in [0, 0.1) is 5.82 Å². The third-order valence-corrected chi connectivity index (χ3v) is 3.43. The van der Waals surface area contributed by atoms with Crippen molar-refractivity contribution in [3.05, 3.63) is 58.3 Å². The summed E-state index contributed by atoms with van der Waals surface area (Å²) in [5.41, 5.74) is 0.511. The van der Waals surface area contributed by atoms with Crippen molar-refractivity contribution in [3.63, 3.8) is 0 Å². The van der Waals surface area contributed by atoms with E-state index in [2.05, 4.69) is 21.2 Å². The molecule has 0 saturated carbocycles. The molecule has 0 heterocycles. The summed E-state index contributed by atoms with van der Waals surface area (Å²) >= 11 is 3.37. The summed E-state index contributed by atoms with van der Waals surface area (Å²) in [6, 6.07) is 12.3. The van der Waals surface area contributed by atoms with Gasteiger partial charge in [-0.2, -0.15) is 0 Å². The third-order valence-electron chi connectivity index (χ3n) is 2.90. The van der Waals surface area contributed by atoms with Gasteiger partial charge in [0, 0.05) is 30.2 Å². The highest BCUT2D eigenvalue weighted by molar-refractivity contribution is 9.10. The van der Waals surface area contributed by atoms with E-state index < -0.39 is 0 Å². The molecule has 0 unspecified atom stereocenters. The fourth-order valence-corrected chi connectivity index (χ4v) is 2.09. The molecular weight excluding hydrogens is 337 g/mol. The van der Waals surface area contributed by atoms with Crippen LogP contribution in [0.15, 0.2) is 46.9 Å². The van der Waals surface area contributed by atoms with Gasteiger partial charge >= 0.3 is 0 Å². The summed E-state index contributed by atoms with van der Waals surface area (Å²) < 4.78 is 25.7. The first-order valence-corrected chi connectivity index (χ1v) is 7.40. The van der Waals surface area contributed by atoms with Crippen LogP contribution in [0.25, 0.3) is 0 Å². The molecule has 0 bridgehead atoms. The number of hydrogen-bond acceptors (Lipinski definition) is 3. The van der Waals surface area contributed by atoms with Gasteiger partial charge in [-0.1, -0.05) is 22.0 Å². The van der Waals surface area contributed by atoms with Crippen molar-refractivity contribution in [2.24, 2.45) is 0 Å². The van der Waals surface area contributed by atoms with Crippen LogP contribution in [0.1, 0.15) is 5.56 Å². The van der Waals surface area contributed by atoms with Crippen LogP contribution in [-0.4, -0.2) is 20.3 Å². The number of benzene rings is 2. The maximum absolute atomic E-state index is 14.0. The van der Waals surface area contributed by atoms with E-state index in [0.717, 1.165) is 4.47 Å². The van der Waals surface area contributed by atoms with Gasteiger partial charge < -0.3 is 14.8 Å². The Morgan fingerprint density at radius 2 is 1.90 bits per heavy atom. The average Bonchev–Trinajstić information content (AvgIpc) is 2.48. The Morgan fingerprint density at radius 1 is 1.14 bits per heavy atom. The van der Waals surface area contributed by atoms with Crippen LogP contribution in [0.3, 0.4) is 0 Å². The Bertz CT molecular complexity index is 575. The molecule has 0 spiro atoms. The molecular formula is C16H17BrFNO2. The van der Waals surface area contributed by atoms with Crippen molar-refractivity contribution in [2.45, 2.75) is 6.54 Å². The second-order valence-corrected chi connectivity index (χ2v) is 5.36. The molecule has 0 radical (unpaired) electrons. The monoisotopic (exact) mass is 353 g/mol. The van der Waals surface area contributed by atoms with Crippen molar-refractivity contribution in [2.75, 3.05) is 20.3 Å². The fraction of sp³-hybridized carbons (Fsp3) is 0.250. The zero-order chi connectivity index (χ0) is 15.1. The first kappa shape index (κ1) is 15.9. The van der Waals surface area contributed by atoms with Gasteiger partial charge in [-0.15, -0.1) is 0 Å². The number of halogens is 2. The Labute approximate surface area is 132 Å². The van der Waals surface area contributed by atoms with Crippen LogP contribution < -0.4 is 10.1 Å². The Kier molecular flexibility index (Phi) is 6.17. The molecule has 21 heavy (non-hydrogen) atoms. The third kappa shape index (κ3) is 4.81. The molecule has 3 nitrogen and oxygen atoms in total. The zero-order valence-corrected chi connectivity index (χ0v) is 13.3. The van der Waals surface area contributed by atoms with Gasteiger partial charge in [-0.05, 0) is 36.4 Å². The Hall–Kier alpha value is -1.43. The second-order valence-electron chi connectivity index (χ2n) is 4.44. The zero-order valence-electron chi connectivity index (χ0n) is 11.7. The van der Waals surface area contributed by atoms with Crippen LogP contribution in [-0.2, 0) is 11.3 Å². The van der Waals surface area contributed by atoms with Crippen LogP contribution in [0.5, 0.6) is 11.5 Å². The molecule has 112 valence electrons. The molecule has 0 atom stereocenters. The van der Waals surface area contributed by atoms with E-state index in [-0.39, 0.29) is 5.82 Å². The molecule has 0 amide bonds. The van der Waals surface area contributed by atoms with Crippen LogP contribution in [0.4, 0.5) is 4.39 Å². The summed E-state index contributed by atoms with van der Waals surface area (Å²) in [6.45, 7) is 1.63. The van der Waals surface area contributed by atoms with E-state index >= 15 is 0 Å². The van der Waals surface area contributed by atoms with Gasteiger partial charge in [-0.3, -0.25) is 0 Å². The van der Waals surface area contributed by atoms with E-state index in [1.165, 1.54) is 6.07 Å². The molecule has 0 fully saturated rings. The van der Waals surface area contributed by atoms with E-state index in [1.54, 1.807) is 19.2 Å². The van der Waals surface area contributed by atoms with Gasteiger partial charge in [0.05, 0.1) is 6.61 Å². The van der Waals surface area contributed by atoms with Gasteiger partial charge in [0.2, 0.25) is 0 Å². The van der Waals surface area contributed by atoms with Gasteiger partial charge in [0.1, 0.15) is 17.3 Å². The maximum Gasteiger partial charge on any atom is 0.134 e. The minimum absolute atomic E-state index is 0.283. The van der Waals surface area contributed by atoms with Crippen LogP contribution in [0.2, 0.25) is 0 Å². The topological polar surface area (TPSA) is 30.5 Å². The second kappa shape index (κ2) is 8.12. The lowest BCUT2D eigenvalue weighted by Gasteiger charge is -2.13. The number of methoxy groups -OCH3 is 1. The lowest BCUT2D eigenvalue weighted by atomic mass is 10.2. The molecule has 0 aromatic heterocycles. The molecule has 0 aliphatic carbocycles. The van der Waals surface area contributed by atoms with E-state index in [1.807, 2.05) is 24.3 Å². The number of hydrogen-bond donors (Lipinski definition) is 1. The molecule has 0 aliphatic heterocycles. The summed E-state index contributed by atoms with van der Waals surface area (Å²) in [6.07, 6.45) is 0. The molecule has 1 N–H and O–H groups in total. The largest absolute Gasteiger partial charge is 0.457 e. The van der Waals surface area contributed by atoms with Gasteiger partial charge in [0.25, 0.3) is 0 Å². The molecule has 5 heteroatoms. The van der Waals surface area contributed by atoms with Crippen molar-refractivity contribution in [3.8, 4) is 11.5 Å². The number of ether oxygens (including phenoxy) is 2. The van der Waals surface area contributed by atoms with E-state index in [4.69, 9.17) is 9.47 Å². The SMILES string of the molecule is COCCNCc1c(F)cccc1Oc1ccc(Br)cc1. The maximum atomic E-state index is 14.0. The van der Waals surface area contributed by atoms with E-state index in [9.17, 15) is 4.39 Å². The predicted molar refractivity (Wildman–Crippen MR) is 84.2 cm³/mol. The number of rotatable bonds is 7. The standard InChI is InChI=1S/C16H17BrFNO2/c1-20-10-9-19-11-14-15(18)3-2-4-16(14)21-13-7-5-12(17)6-8-13/h2-8,19H,9-11H2,1H3. The quantitative estimate of drug-likeness (QED) is 0.759. The Balaban J connectivity index is 2.11. The van der Waals surface area contributed by atoms with Crippen molar-refractivity contribution in [1.29, 1.82) is 0 Å². The van der Waals surface area contributed by atoms with Crippen LogP contribution >= 0.6 is 15.9 Å².